The van der Waals surface area contributed by atoms with Crippen molar-refractivity contribution in [2.75, 3.05) is 18.5 Å². The largest absolute Gasteiger partial charge is 0.455 e. The van der Waals surface area contributed by atoms with E-state index in [1.165, 1.54) is 12.1 Å². The molecule has 0 radical (unpaired) electrons. The number of anilines is 1. The monoisotopic (exact) mass is 434 g/mol. The molecule has 0 unspecified atom stereocenters. The number of sulfonamides is 1. The maximum Gasteiger partial charge on any atom is 0.416 e. The van der Waals surface area contributed by atoms with Crippen LogP contribution in [0, 0.1) is 5.82 Å². The number of ether oxygens (including phenoxy) is 1. The number of carbonyl (C=O) groups excluding carboxylic acids is 2. The first kappa shape index (κ1) is 22.3. The zero-order chi connectivity index (χ0) is 21.7. The third-order valence-corrected chi connectivity index (χ3v) is 4.75. The maximum absolute atomic E-state index is 13.0. The van der Waals surface area contributed by atoms with Gasteiger partial charge in [-0.25, -0.2) is 12.8 Å². The molecule has 2 aromatic rings. The van der Waals surface area contributed by atoms with Crippen LogP contribution < -0.4 is 10.0 Å². The molecule has 0 heterocycles. The molecule has 0 spiro atoms. The molecular formula is C17H14F4N2O5S. The summed E-state index contributed by atoms with van der Waals surface area (Å²) in [4.78, 5) is 22.5. The summed E-state index contributed by atoms with van der Waals surface area (Å²) in [6, 6.07) is 7.88. The Bertz CT molecular complexity index is 1010. The summed E-state index contributed by atoms with van der Waals surface area (Å²) in [5.41, 5.74) is -1.05. The smallest absolute Gasteiger partial charge is 0.416 e. The van der Waals surface area contributed by atoms with Gasteiger partial charge in [0.05, 0.1) is 10.5 Å². The molecule has 12 heteroatoms. The Morgan fingerprint density at radius 1 is 1.03 bits per heavy atom. The highest BCUT2D eigenvalue weighted by Crippen LogP contribution is 2.30. The van der Waals surface area contributed by atoms with Crippen LogP contribution in [-0.4, -0.2) is 33.4 Å². The standard InChI is InChI=1S/C17H14F4N2O5S/c18-12-4-2-5-13(8-12)23-15(24)10-28-16(25)9-22-29(26,27)14-6-1-3-11(7-14)17(19,20)21/h1-8,22H,9-10H2,(H,23,24). The molecule has 1 amide bonds. The normalized spacial score (nSPS) is 11.7. The molecule has 0 aliphatic heterocycles. The first-order valence-electron chi connectivity index (χ1n) is 7.85. The maximum atomic E-state index is 13.0. The minimum absolute atomic E-state index is 0.122. The van der Waals surface area contributed by atoms with E-state index in [1.807, 2.05) is 0 Å². The highest BCUT2D eigenvalue weighted by Gasteiger charge is 2.31. The van der Waals surface area contributed by atoms with E-state index in [9.17, 15) is 35.6 Å². The summed E-state index contributed by atoms with van der Waals surface area (Å²) in [6.07, 6.45) is -4.74. The van der Waals surface area contributed by atoms with E-state index in [1.54, 1.807) is 4.72 Å². The van der Waals surface area contributed by atoms with Crippen LogP contribution in [0.15, 0.2) is 53.4 Å². The molecule has 2 N–H and O–H groups in total. The fraction of sp³-hybridized carbons (Fsp3) is 0.176. The van der Waals surface area contributed by atoms with E-state index < -0.39 is 57.5 Å². The number of esters is 1. The first-order chi connectivity index (χ1) is 13.5. The molecule has 0 bridgehead atoms. The molecule has 0 saturated carbocycles. The van der Waals surface area contributed by atoms with Gasteiger partial charge >= 0.3 is 12.1 Å². The second-order valence-corrected chi connectivity index (χ2v) is 7.34. The van der Waals surface area contributed by atoms with Gasteiger partial charge in [0.1, 0.15) is 12.4 Å². The van der Waals surface area contributed by atoms with Gasteiger partial charge in [-0.15, -0.1) is 0 Å². The van der Waals surface area contributed by atoms with Crippen molar-refractivity contribution in [3.05, 3.63) is 59.9 Å². The Balaban J connectivity index is 1.87. The quantitative estimate of drug-likeness (QED) is 0.515. The fourth-order valence-electron chi connectivity index (χ4n) is 2.04. The summed E-state index contributed by atoms with van der Waals surface area (Å²) in [5, 5.41) is 2.26. The Morgan fingerprint density at radius 3 is 2.38 bits per heavy atom. The molecule has 0 aliphatic carbocycles. The first-order valence-corrected chi connectivity index (χ1v) is 9.34. The highest BCUT2D eigenvalue weighted by atomic mass is 32.2. The molecule has 0 atom stereocenters. The van der Waals surface area contributed by atoms with Crippen molar-refractivity contribution in [3.63, 3.8) is 0 Å². The number of nitrogens with one attached hydrogen (secondary N) is 2. The van der Waals surface area contributed by atoms with Crippen LogP contribution in [0.5, 0.6) is 0 Å². The van der Waals surface area contributed by atoms with Crippen LogP contribution in [0.4, 0.5) is 23.2 Å². The zero-order valence-corrected chi connectivity index (χ0v) is 15.3. The minimum Gasteiger partial charge on any atom is -0.455 e. The van der Waals surface area contributed by atoms with Crippen molar-refractivity contribution >= 4 is 27.6 Å². The summed E-state index contributed by atoms with van der Waals surface area (Å²) in [6.45, 7) is -1.69. The summed E-state index contributed by atoms with van der Waals surface area (Å²) < 4.78 is 81.4. The van der Waals surface area contributed by atoms with Crippen LogP contribution >= 0.6 is 0 Å². The van der Waals surface area contributed by atoms with E-state index >= 15 is 0 Å². The van der Waals surface area contributed by atoms with Gasteiger partial charge in [-0.05, 0) is 36.4 Å². The van der Waals surface area contributed by atoms with Crippen LogP contribution in [0.3, 0.4) is 0 Å². The third kappa shape index (κ3) is 6.84. The molecule has 29 heavy (non-hydrogen) atoms. The molecule has 0 fully saturated rings. The number of alkyl halides is 3. The van der Waals surface area contributed by atoms with Crippen molar-refractivity contribution < 1.29 is 40.3 Å². The van der Waals surface area contributed by atoms with Gasteiger partial charge in [0.2, 0.25) is 10.0 Å². The highest BCUT2D eigenvalue weighted by molar-refractivity contribution is 7.89. The Morgan fingerprint density at radius 2 is 1.72 bits per heavy atom. The second-order valence-electron chi connectivity index (χ2n) is 5.57. The Labute approximate surface area is 162 Å². The average molecular weight is 434 g/mol. The molecule has 0 aliphatic rings. The lowest BCUT2D eigenvalue weighted by Crippen LogP contribution is -2.32. The van der Waals surface area contributed by atoms with E-state index in [2.05, 4.69) is 10.1 Å². The van der Waals surface area contributed by atoms with Gasteiger partial charge in [0.25, 0.3) is 5.91 Å². The van der Waals surface area contributed by atoms with Crippen LogP contribution in [0.1, 0.15) is 5.56 Å². The number of benzene rings is 2. The summed E-state index contributed by atoms with van der Waals surface area (Å²) in [7, 11) is -4.42. The topological polar surface area (TPSA) is 102 Å². The predicted molar refractivity (Wildman–Crippen MR) is 92.6 cm³/mol. The molecule has 7 nitrogen and oxygen atoms in total. The van der Waals surface area contributed by atoms with Crippen molar-refractivity contribution in [2.45, 2.75) is 11.1 Å². The van der Waals surface area contributed by atoms with E-state index in [0.29, 0.717) is 12.1 Å². The van der Waals surface area contributed by atoms with Gasteiger partial charge in [0, 0.05) is 5.69 Å². The number of rotatable bonds is 7. The van der Waals surface area contributed by atoms with E-state index in [4.69, 9.17) is 0 Å². The molecule has 2 rings (SSSR count). The van der Waals surface area contributed by atoms with Crippen LogP contribution in [0.25, 0.3) is 0 Å². The molecule has 2 aromatic carbocycles. The van der Waals surface area contributed by atoms with E-state index in [-0.39, 0.29) is 5.69 Å². The van der Waals surface area contributed by atoms with Crippen molar-refractivity contribution in [3.8, 4) is 0 Å². The SMILES string of the molecule is O=C(COC(=O)CNS(=O)(=O)c1cccc(C(F)(F)F)c1)Nc1cccc(F)c1. The van der Waals surface area contributed by atoms with Crippen LogP contribution in [-0.2, 0) is 30.5 Å². The Hall–Kier alpha value is -2.99. The van der Waals surface area contributed by atoms with Crippen molar-refractivity contribution in [1.29, 1.82) is 0 Å². The second kappa shape index (κ2) is 9.01. The predicted octanol–water partition coefficient (Wildman–Crippen LogP) is 2.30. The lowest BCUT2D eigenvalue weighted by Gasteiger charge is -2.10. The minimum atomic E-state index is -4.74. The lowest BCUT2D eigenvalue weighted by atomic mass is 10.2. The number of hydrogen-bond acceptors (Lipinski definition) is 5. The lowest BCUT2D eigenvalue weighted by molar-refractivity contribution is -0.146. The van der Waals surface area contributed by atoms with Gasteiger partial charge < -0.3 is 10.1 Å². The average Bonchev–Trinajstić information content (AvgIpc) is 2.64. The molecule has 0 saturated heterocycles. The number of carbonyl (C=O) groups is 2. The van der Waals surface area contributed by atoms with Gasteiger partial charge in [0.15, 0.2) is 6.61 Å². The zero-order valence-electron chi connectivity index (χ0n) is 14.5. The Kier molecular flexibility index (Phi) is 6.93. The number of hydrogen-bond donors (Lipinski definition) is 2. The molecule has 156 valence electrons. The van der Waals surface area contributed by atoms with Gasteiger partial charge in [-0.2, -0.15) is 17.9 Å². The van der Waals surface area contributed by atoms with Gasteiger partial charge in [-0.3, -0.25) is 9.59 Å². The fourth-order valence-corrected chi connectivity index (χ4v) is 3.05. The molecule has 0 aromatic heterocycles. The summed E-state index contributed by atoms with van der Waals surface area (Å²) in [5.74, 6) is -2.54. The molecular weight excluding hydrogens is 420 g/mol. The van der Waals surface area contributed by atoms with E-state index in [0.717, 1.165) is 24.3 Å². The van der Waals surface area contributed by atoms with Crippen molar-refractivity contribution in [1.82, 2.24) is 4.72 Å². The summed E-state index contributed by atoms with van der Waals surface area (Å²) >= 11 is 0. The number of halogens is 4. The third-order valence-electron chi connectivity index (χ3n) is 3.35. The van der Waals surface area contributed by atoms with Gasteiger partial charge in [-0.1, -0.05) is 12.1 Å². The van der Waals surface area contributed by atoms with Crippen LogP contribution in [0.2, 0.25) is 0 Å². The number of amides is 1. The van der Waals surface area contributed by atoms with Crippen molar-refractivity contribution in [2.24, 2.45) is 0 Å².